The Kier molecular flexibility index (Phi) is 6.58. The maximum atomic E-state index is 10.3. The van der Waals surface area contributed by atoms with Gasteiger partial charge in [0.2, 0.25) is 0 Å². The molecule has 3 nitrogen and oxygen atoms in total. The largest absolute Gasteiger partial charge is 0.478 e. The molecule has 0 aromatic heterocycles. The standard InChI is InChI=1S/C17H28O3/c18-17(19)7-4-12-20-16-10-8-15(9-11-16)13-14-5-2-1-3-6-14/h4,7,14-16H,1-3,5-6,8-13H2,(H,18,19)/b7-4+. The second kappa shape index (κ2) is 8.46. The van der Waals surface area contributed by atoms with E-state index < -0.39 is 5.97 Å². The van der Waals surface area contributed by atoms with Gasteiger partial charge in [0.25, 0.3) is 0 Å². The second-order valence-electron chi connectivity index (χ2n) is 6.46. The third-order valence-electron chi connectivity index (χ3n) is 4.87. The Morgan fingerprint density at radius 1 is 1.00 bits per heavy atom. The molecule has 0 aliphatic heterocycles. The van der Waals surface area contributed by atoms with E-state index in [1.807, 2.05) is 0 Å². The van der Waals surface area contributed by atoms with E-state index in [9.17, 15) is 4.79 Å². The fourth-order valence-corrected chi connectivity index (χ4v) is 3.77. The normalized spacial score (nSPS) is 28.8. The predicted molar refractivity (Wildman–Crippen MR) is 79.7 cm³/mol. The highest BCUT2D eigenvalue weighted by Gasteiger charge is 2.24. The maximum absolute atomic E-state index is 10.3. The summed E-state index contributed by atoms with van der Waals surface area (Å²) in [4.78, 5) is 10.3. The Hall–Kier alpha value is -0.830. The van der Waals surface area contributed by atoms with Crippen LogP contribution in [0.4, 0.5) is 0 Å². The van der Waals surface area contributed by atoms with E-state index in [2.05, 4.69) is 0 Å². The SMILES string of the molecule is O=C(O)/C=C/COC1CCC(CC2CCCCC2)CC1. The molecule has 2 saturated carbocycles. The molecule has 0 spiro atoms. The predicted octanol–water partition coefficient (Wildman–Crippen LogP) is 4.17. The Morgan fingerprint density at radius 3 is 2.30 bits per heavy atom. The molecule has 0 aromatic carbocycles. The molecule has 20 heavy (non-hydrogen) atoms. The molecule has 2 aliphatic rings. The highest BCUT2D eigenvalue weighted by Crippen LogP contribution is 2.35. The molecule has 0 amide bonds. The van der Waals surface area contributed by atoms with Crippen LogP contribution in [-0.4, -0.2) is 23.8 Å². The highest BCUT2D eigenvalue weighted by atomic mass is 16.5. The van der Waals surface area contributed by atoms with Crippen molar-refractivity contribution in [2.75, 3.05) is 6.61 Å². The lowest BCUT2D eigenvalue weighted by molar-refractivity contribution is -0.131. The summed E-state index contributed by atoms with van der Waals surface area (Å²) in [6.07, 6.45) is 16.7. The summed E-state index contributed by atoms with van der Waals surface area (Å²) >= 11 is 0. The Morgan fingerprint density at radius 2 is 1.65 bits per heavy atom. The molecular weight excluding hydrogens is 252 g/mol. The molecule has 0 saturated heterocycles. The Balaban J connectivity index is 1.58. The first-order valence-electron chi connectivity index (χ1n) is 8.25. The van der Waals surface area contributed by atoms with Gasteiger partial charge in [-0.3, -0.25) is 0 Å². The van der Waals surface area contributed by atoms with Gasteiger partial charge in [-0.05, 0) is 43.9 Å². The zero-order valence-electron chi connectivity index (χ0n) is 12.4. The molecule has 3 heteroatoms. The Bertz CT molecular complexity index is 310. The topological polar surface area (TPSA) is 46.5 Å². The van der Waals surface area contributed by atoms with Crippen LogP contribution < -0.4 is 0 Å². The van der Waals surface area contributed by atoms with Crippen LogP contribution in [0.1, 0.15) is 64.2 Å². The molecule has 0 radical (unpaired) electrons. The van der Waals surface area contributed by atoms with Gasteiger partial charge in [0.15, 0.2) is 0 Å². The second-order valence-corrected chi connectivity index (χ2v) is 6.46. The van der Waals surface area contributed by atoms with Gasteiger partial charge >= 0.3 is 5.97 Å². The van der Waals surface area contributed by atoms with Crippen molar-refractivity contribution >= 4 is 5.97 Å². The molecule has 1 N–H and O–H groups in total. The number of ether oxygens (including phenoxy) is 1. The fourth-order valence-electron chi connectivity index (χ4n) is 3.77. The number of hydrogen-bond acceptors (Lipinski definition) is 2. The van der Waals surface area contributed by atoms with E-state index in [0.717, 1.165) is 30.8 Å². The van der Waals surface area contributed by atoms with Crippen molar-refractivity contribution in [2.24, 2.45) is 11.8 Å². The first-order valence-corrected chi connectivity index (χ1v) is 8.25. The van der Waals surface area contributed by atoms with Crippen molar-refractivity contribution in [3.8, 4) is 0 Å². The molecule has 2 aliphatic carbocycles. The van der Waals surface area contributed by atoms with Crippen LogP contribution in [-0.2, 0) is 9.53 Å². The van der Waals surface area contributed by atoms with Crippen LogP contribution in [0, 0.1) is 11.8 Å². The van der Waals surface area contributed by atoms with E-state index in [-0.39, 0.29) is 0 Å². The van der Waals surface area contributed by atoms with Gasteiger partial charge in [0, 0.05) is 6.08 Å². The number of aliphatic carboxylic acids is 1. The van der Waals surface area contributed by atoms with E-state index in [4.69, 9.17) is 9.84 Å². The van der Waals surface area contributed by atoms with E-state index >= 15 is 0 Å². The van der Waals surface area contributed by atoms with Gasteiger partial charge in [-0.1, -0.05) is 38.2 Å². The first kappa shape index (κ1) is 15.6. The Labute approximate surface area is 122 Å². The van der Waals surface area contributed by atoms with Gasteiger partial charge in [-0.25, -0.2) is 4.79 Å². The third kappa shape index (κ3) is 5.66. The highest BCUT2D eigenvalue weighted by molar-refractivity contribution is 5.79. The molecule has 0 unspecified atom stereocenters. The molecule has 114 valence electrons. The lowest BCUT2D eigenvalue weighted by Crippen LogP contribution is -2.23. The van der Waals surface area contributed by atoms with Crippen LogP contribution in [0.3, 0.4) is 0 Å². The van der Waals surface area contributed by atoms with E-state index in [1.165, 1.54) is 51.4 Å². The minimum Gasteiger partial charge on any atom is -0.478 e. The molecule has 2 rings (SSSR count). The monoisotopic (exact) mass is 280 g/mol. The van der Waals surface area contributed by atoms with Gasteiger partial charge in [0.1, 0.15) is 0 Å². The van der Waals surface area contributed by atoms with Crippen LogP contribution in [0.15, 0.2) is 12.2 Å². The van der Waals surface area contributed by atoms with Crippen molar-refractivity contribution in [1.82, 2.24) is 0 Å². The number of carbonyl (C=O) groups is 1. The molecule has 0 heterocycles. The molecule has 0 aromatic rings. The van der Waals surface area contributed by atoms with Gasteiger partial charge in [0.05, 0.1) is 12.7 Å². The molecule has 0 atom stereocenters. The summed E-state index contributed by atoms with van der Waals surface area (Å²) in [7, 11) is 0. The smallest absolute Gasteiger partial charge is 0.328 e. The molecular formula is C17H28O3. The lowest BCUT2D eigenvalue weighted by Gasteiger charge is -2.32. The van der Waals surface area contributed by atoms with Crippen LogP contribution in [0.2, 0.25) is 0 Å². The average molecular weight is 280 g/mol. The maximum Gasteiger partial charge on any atom is 0.328 e. The van der Waals surface area contributed by atoms with Crippen molar-refractivity contribution in [3.05, 3.63) is 12.2 Å². The summed E-state index contributed by atoms with van der Waals surface area (Å²) in [6, 6.07) is 0. The third-order valence-corrected chi connectivity index (χ3v) is 4.87. The van der Waals surface area contributed by atoms with Crippen molar-refractivity contribution in [1.29, 1.82) is 0 Å². The number of rotatable bonds is 6. The van der Waals surface area contributed by atoms with Gasteiger partial charge in [-0.2, -0.15) is 0 Å². The number of carboxylic acid groups (broad SMARTS) is 1. The van der Waals surface area contributed by atoms with E-state index in [0.29, 0.717) is 12.7 Å². The summed E-state index contributed by atoms with van der Waals surface area (Å²) in [5.74, 6) is 1.00. The minimum absolute atomic E-state index is 0.344. The lowest BCUT2D eigenvalue weighted by atomic mass is 9.77. The fraction of sp³-hybridized carbons (Fsp3) is 0.824. The minimum atomic E-state index is -0.898. The van der Waals surface area contributed by atoms with Crippen molar-refractivity contribution < 1.29 is 14.6 Å². The van der Waals surface area contributed by atoms with Crippen molar-refractivity contribution in [3.63, 3.8) is 0 Å². The average Bonchev–Trinajstić information content (AvgIpc) is 2.46. The van der Waals surface area contributed by atoms with Gasteiger partial charge in [-0.15, -0.1) is 0 Å². The zero-order chi connectivity index (χ0) is 14.2. The number of carboxylic acids is 1. The van der Waals surface area contributed by atoms with Crippen LogP contribution >= 0.6 is 0 Å². The summed E-state index contributed by atoms with van der Waals surface area (Å²) < 4.78 is 5.72. The summed E-state index contributed by atoms with van der Waals surface area (Å²) in [5, 5.41) is 8.50. The quantitative estimate of drug-likeness (QED) is 0.743. The van der Waals surface area contributed by atoms with Crippen molar-refractivity contribution in [2.45, 2.75) is 70.3 Å². The summed E-state index contributed by atoms with van der Waals surface area (Å²) in [5.41, 5.74) is 0. The van der Waals surface area contributed by atoms with Gasteiger partial charge < -0.3 is 9.84 Å². The number of hydrogen-bond donors (Lipinski definition) is 1. The van der Waals surface area contributed by atoms with E-state index in [1.54, 1.807) is 6.08 Å². The van der Waals surface area contributed by atoms with Crippen LogP contribution in [0.25, 0.3) is 0 Å². The van der Waals surface area contributed by atoms with Crippen LogP contribution in [0.5, 0.6) is 0 Å². The zero-order valence-corrected chi connectivity index (χ0v) is 12.4. The summed E-state index contributed by atoms with van der Waals surface area (Å²) in [6.45, 7) is 0.435. The molecule has 2 fully saturated rings. The molecule has 0 bridgehead atoms. The first-order chi connectivity index (χ1) is 9.74.